The quantitative estimate of drug-likeness (QED) is 0.403. The smallest absolute Gasteiger partial charge is 0.215 e. The number of aliphatic hydroxyl groups excluding tert-OH is 2. The van der Waals surface area contributed by atoms with Crippen LogP contribution in [0.5, 0.6) is 0 Å². The first-order valence-electron chi connectivity index (χ1n) is 9.61. The minimum Gasteiger partial charge on any atom is -0.467 e. The van der Waals surface area contributed by atoms with Crippen molar-refractivity contribution in [1.82, 2.24) is 0 Å². The number of hydrogen-bond donors (Lipinski definition) is 5. The Morgan fingerprint density at radius 2 is 1.89 bits per heavy atom. The molecule has 1 saturated heterocycles. The summed E-state index contributed by atoms with van der Waals surface area (Å²) in [4.78, 5) is 0. The Morgan fingerprint density at radius 3 is 2.52 bits per heavy atom. The Balaban J connectivity index is 1.56. The van der Waals surface area contributed by atoms with E-state index in [2.05, 4.69) is 0 Å². The molecule has 7 N–H and O–H groups in total. The Bertz CT molecular complexity index is 530. The largest absolute Gasteiger partial charge is 0.467 e. The molecule has 0 radical (unpaired) electrons. The second-order valence-corrected chi connectivity index (χ2v) is 7.98. The van der Waals surface area contributed by atoms with Crippen molar-refractivity contribution < 1.29 is 34.3 Å². The number of nitrogens with two attached hydrogens (primary N) is 2. The molecule has 1 aliphatic carbocycles. The van der Waals surface area contributed by atoms with Gasteiger partial charge >= 0.3 is 0 Å². The molecule has 0 aromatic rings. The molecule has 9 heteroatoms. The fraction of sp³-hybridized carbons (Fsp3) is 0.889. The summed E-state index contributed by atoms with van der Waals surface area (Å²) in [6.07, 6.45) is 0.196. The number of aliphatic hydroxyl groups is 3. The summed E-state index contributed by atoms with van der Waals surface area (Å²) in [6.45, 7) is 1.94. The Labute approximate surface area is 159 Å². The van der Waals surface area contributed by atoms with Gasteiger partial charge in [-0.25, -0.2) is 0 Å². The molecule has 156 valence electrons. The van der Waals surface area contributed by atoms with E-state index < -0.39 is 42.6 Å². The van der Waals surface area contributed by atoms with E-state index in [0.29, 0.717) is 25.0 Å². The second kappa shape index (κ2) is 8.71. The molecule has 2 fully saturated rings. The van der Waals surface area contributed by atoms with Crippen molar-refractivity contribution >= 4 is 0 Å². The third-order valence-corrected chi connectivity index (χ3v) is 5.31. The first-order valence-corrected chi connectivity index (χ1v) is 9.61. The van der Waals surface area contributed by atoms with E-state index in [1.54, 1.807) is 6.92 Å². The number of rotatable bonds is 5. The molecule has 3 aliphatic rings. The summed E-state index contributed by atoms with van der Waals surface area (Å²) >= 11 is 0. The fourth-order valence-electron chi connectivity index (χ4n) is 3.77. The Kier molecular flexibility index (Phi) is 6.75. The van der Waals surface area contributed by atoms with E-state index in [0.717, 1.165) is 6.42 Å². The molecule has 3 rings (SSSR count). The molecule has 0 spiro atoms. The van der Waals surface area contributed by atoms with Crippen molar-refractivity contribution in [1.29, 1.82) is 0 Å². The van der Waals surface area contributed by atoms with Crippen LogP contribution in [0, 0.1) is 0 Å². The third kappa shape index (κ3) is 5.18. The molecule has 9 nitrogen and oxygen atoms in total. The minimum atomic E-state index is -1.08. The fourth-order valence-corrected chi connectivity index (χ4v) is 3.77. The highest BCUT2D eigenvalue weighted by atomic mass is 16.7. The number of ether oxygens (including phenoxy) is 4. The van der Waals surface area contributed by atoms with Crippen LogP contribution in [0.2, 0.25) is 0 Å². The molecule has 8 atom stereocenters. The van der Waals surface area contributed by atoms with Gasteiger partial charge < -0.3 is 45.7 Å². The van der Waals surface area contributed by atoms with Crippen molar-refractivity contribution in [3.05, 3.63) is 11.8 Å². The highest BCUT2D eigenvalue weighted by Crippen LogP contribution is 2.31. The molecule has 2 unspecified atom stereocenters. The van der Waals surface area contributed by atoms with Crippen LogP contribution in [0.1, 0.15) is 39.0 Å². The summed E-state index contributed by atoms with van der Waals surface area (Å²) in [5.41, 5.74) is 10.6. The molecule has 0 aromatic heterocycles. The maximum atomic E-state index is 10.7. The average Bonchev–Trinajstić information content (AvgIpc) is 2.62. The molecule has 2 heterocycles. The molecule has 0 aromatic carbocycles. The van der Waals surface area contributed by atoms with E-state index in [-0.39, 0.29) is 25.6 Å². The van der Waals surface area contributed by atoms with Crippen LogP contribution in [0.3, 0.4) is 0 Å². The molecule has 0 bridgehead atoms. The summed E-state index contributed by atoms with van der Waals surface area (Å²) in [5.74, 6) is 0.630. The van der Waals surface area contributed by atoms with Gasteiger partial charge in [0.1, 0.15) is 18.0 Å². The van der Waals surface area contributed by atoms with Gasteiger partial charge in [-0.05, 0) is 38.7 Å². The van der Waals surface area contributed by atoms with Gasteiger partial charge in [0.25, 0.3) is 0 Å². The van der Waals surface area contributed by atoms with Crippen LogP contribution in [0.15, 0.2) is 11.8 Å². The topological polar surface area (TPSA) is 150 Å². The summed E-state index contributed by atoms with van der Waals surface area (Å²) in [6, 6.07) is -0.334. The van der Waals surface area contributed by atoms with Gasteiger partial charge in [-0.3, -0.25) is 0 Å². The van der Waals surface area contributed by atoms with Crippen molar-refractivity contribution in [2.45, 2.75) is 87.7 Å². The lowest BCUT2D eigenvalue weighted by Crippen LogP contribution is -2.54. The molecule has 1 saturated carbocycles. The highest BCUT2D eigenvalue weighted by Gasteiger charge is 2.42. The van der Waals surface area contributed by atoms with Crippen LogP contribution >= 0.6 is 0 Å². The SMILES string of the molecule is C[C@]1(O)CO[C@H](O[C@H]2CCC[C@@H](OC3OC(CN)=CC[C@H]3N)[C@@H]2O)C(O)C1. The zero-order valence-electron chi connectivity index (χ0n) is 15.7. The second-order valence-electron chi connectivity index (χ2n) is 7.98. The Morgan fingerprint density at radius 1 is 1.22 bits per heavy atom. The van der Waals surface area contributed by atoms with Gasteiger partial charge in [-0.2, -0.15) is 0 Å². The van der Waals surface area contributed by atoms with Gasteiger partial charge in [0.15, 0.2) is 6.29 Å². The third-order valence-electron chi connectivity index (χ3n) is 5.31. The zero-order valence-corrected chi connectivity index (χ0v) is 15.7. The standard InChI is InChI=1S/C18H32N2O7/c1-18(23)7-12(21)17(24-9-18)27-14-4-2-3-13(15(14)22)26-16-11(20)6-5-10(8-19)25-16/h5,11-17,21-23H,2-4,6-9,19-20H2,1H3/t11-,12?,13-,14+,15+,16?,17-,18-/m1/s1. The number of hydrogen-bond acceptors (Lipinski definition) is 9. The van der Waals surface area contributed by atoms with Gasteiger partial charge in [0, 0.05) is 6.42 Å². The molecular weight excluding hydrogens is 356 g/mol. The van der Waals surface area contributed by atoms with E-state index in [1.165, 1.54) is 0 Å². The lowest BCUT2D eigenvalue weighted by molar-refractivity contribution is -0.292. The van der Waals surface area contributed by atoms with Gasteiger partial charge in [0.2, 0.25) is 6.29 Å². The predicted octanol–water partition coefficient (Wildman–Crippen LogP) is -0.924. The normalized spacial score (nSPS) is 45.9. The zero-order chi connectivity index (χ0) is 19.6. The maximum Gasteiger partial charge on any atom is 0.215 e. The minimum absolute atomic E-state index is 0.0659. The lowest BCUT2D eigenvalue weighted by atomic mass is 9.91. The monoisotopic (exact) mass is 388 g/mol. The van der Waals surface area contributed by atoms with Crippen LogP contribution in [0.25, 0.3) is 0 Å². The first-order chi connectivity index (χ1) is 12.8. The van der Waals surface area contributed by atoms with Crippen LogP contribution < -0.4 is 11.5 Å². The summed E-state index contributed by atoms with van der Waals surface area (Å²) in [5, 5.41) is 30.8. The summed E-state index contributed by atoms with van der Waals surface area (Å²) < 4.78 is 22.9. The molecular formula is C18H32N2O7. The summed E-state index contributed by atoms with van der Waals surface area (Å²) in [7, 11) is 0. The van der Waals surface area contributed by atoms with Crippen LogP contribution in [-0.2, 0) is 18.9 Å². The van der Waals surface area contributed by atoms with Crippen molar-refractivity contribution in [2.75, 3.05) is 13.2 Å². The van der Waals surface area contributed by atoms with Crippen molar-refractivity contribution in [3.8, 4) is 0 Å². The molecule has 2 aliphatic heterocycles. The van der Waals surface area contributed by atoms with Crippen LogP contribution in [0.4, 0.5) is 0 Å². The van der Waals surface area contributed by atoms with Gasteiger partial charge in [-0.1, -0.05) is 0 Å². The Hall–Kier alpha value is -0.780. The van der Waals surface area contributed by atoms with Crippen molar-refractivity contribution in [3.63, 3.8) is 0 Å². The molecule has 27 heavy (non-hydrogen) atoms. The predicted molar refractivity (Wildman–Crippen MR) is 95.2 cm³/mol. The first kappa shape index (κ1) is 20.9. The van der Waals surface area contributed by atoms with Gasteiger partial charge in [-0.15, -0.1) is 0 Å². The van der Waals surface area contributed by atoms with E-state index in [9.17, 15) is 15.3 Å². The van der Waals surface area contributed by atoms with Crippen LogP contribution in [-0.4, -0.2) is 77.1 Å². The molecule has 0 amide bonds. The van der Waals surface area contributed by atoms with E-state index in [1.807, 2.05) is 6.08 Å². The van der Waals surface area contributed by atoms with E-state index in [4.69, 9.17) is 30.4 Å². The average molecular weight is 388 g/mol. The van der Waals surface area contributed by atoms with E-state index >= 15 is 0 Å². The highest BCUT2D eigenvalue weighted by molar-refractivity contribution is 5.02. The maximum absolute atomic E-state index is 10.7. The lowest BCUT2D eigenvalue weighted by Gasteiger charge is -2.42. The van der Waals surface area contributed by atoms with Gasteiger partial charge in [0.05, 0.1) is 37.0 Å². The van der Waals surface area contributed by atoms with Crippen molar-refractivity contribution in [2.24, 2.45) is 11.5 Å².